The van der Waals surface area contributed by atoms with Crippen molar-refractivity contribution < 1.29 is 9.90 Å². The molecule has 0 bridgehead atoms. The van der Waals surface area contributed by atoms with Crippen LogP contribution < -0.4 is 5.32 Å². The standard InChI is InChI=1S/C14H13NO2S2/c1-10-4-6-18-13(10)14(17)15-8-12-7-11(9-19-12)3-2-5-16/h4,6-7,9,16H,5,8H2,1H3,(H,15,17). The van der Waals surface area contributed by atoms with E-state index in [2.05, 4.69) is 17.2 Å². The van der Waals surface area contributed by atoms with Gasteiger partial charge >= 0.3 is 0 Å². The van der Waals surface area contributed by atoms with Crippen LogP contribution in [0.2, 0.25) is 0 Å². The number of nitrogens with one attached hydrogen (secondary N) is 1. The summed E-state index contributed by atoms with van der Waals surface area (Å²) in [5.74, 6) is 5.40. The van der Waals surface area contributed by atoms with E-state index in [9.17, 15) is 4.79 Å². The summed E-state index contributed by atoms with van der Waals surface area (Å²) in [5.41, 5.74) is 1.87. The van der Waals surface area contributed by atoms with Crippen molar-refractivity contribution in [2.45, 2.75) is 13.5 Å². The summed E-state index contributed by atoms with van der Waals surface area (Å²) in [7, 11) is 0. The van der Waals surface area contributed by atoms with Gasteiger partial charge in [-0.15, -0.1) is 22.7 Å². The first-order chi connectivity index (χ1) is 9.20. The largest absolute Gasteiger partial charge is 0.384 e. The molecule has 19 heavy (non-hydrogen) atoms. The first-order valence-electron chi connectivity index (χ1n) is 5.70. The molecule has 0 saturated heterocycles. The molecule has 0 saturated carbocycles. The molecule has 0 aliphatic carbocycles. The normalized spacial score (nSPS) is 9.79. The van der Waals surface area contributed by atoms with Gasteiger partial charge in [-0.3, -0.25) is 4.79 Å². The number of thiophene rings is 2. The molecule has 2 rings (SSSR count). The Bertz CT molecular complexity index is 631. The zero-order valence-electron chi connectivity index (χ0n) is 10.4. The molecule has 2 aromatic rings. The highest BCUT2D eigenvalue weighted by molar-refractivity contribution is 7.12. The van der Waals surface area contributed by atoms with Crippen molar-refractivity contribution in [3.05, 3.63) is 43.8 Å². The predicted octanol–water partition coefficient (Wildman–Crippen LogP) is 2.39. The molecule has 5 heteroatoms. The molecule has 2 heterocycles. The molecule has 1 amide bonds. The maximum absolute atomic E-state index is 11.9. The number of hydrogen-bond donors (Lipinski definition) is 2. The fourth-order valence-corrected chi connectivity index (χ4v) is 3.13. The zero-order chi connectivity index (χ0) is 13.7. The Hall–Kier alpha value is -1.61. The molecule has 0 aromatic carbocycles. The molecule has 2 aromatic heterocycles. The van der Waals surface area contributed by atoms with Gasteiger partial charge in [-0.1, -0.05) is 11.8 Å². The lowest BCUT2D eigenvalue weighted by molar-refractivity contribution is 0.0955. The van der Waals surface area contributed by atoms with E-state index in [1.54, 1.807) is 11.3 Å². The number of carbonyl (C=O) groups is 1. The maximum atomic E-state index is 11.9. The lowest BCUT2D eigenvalue weighted by Gasteiger charge is -2.02. The number of aryl methyl sites for hydroxylation is 1. The van der Waals surface area contributed by atoms with Gasteiger partial charge in [-0.2, -0.15) is 0 Å². The molecular weight excluding hydrogens is 278 g/mol. The number of hydrogen-bond acceptors (Lipinski definition) is 4. The summed E-state index contributed by atoms with van der Waals surface area (Å²) in [5, 5.41) is 15.3. The Morgan fingerprint density at radius 2 is 2.32 bits per heavy atom. The Balaban J connectivity index is 1.94. The van der Waals surface area contributed by atoms with E-state index < -0.39 is 0 Å². The van der Waals surface area contributed by atoms with Crippen LogP contribution in [0.5, 0.6) is 0 Å². The molecule has 0 spiro atoms. The lowest BCUT2D eigenvalue weighted by atomic mass is 10.3. The van der Waals surface area contributed by atoms with Crippen molar-refractivity contribution in [3.63, 3.8) is 0 Å². The molecular formula is C14H13NO2S2. The summed E-state index contributed by atoms with van der Waals surface area (Å²) in [4.78, 5) is 13.7. The second-order valence-electron chi connectivity index (χ2n) is 3.88. The fourth-order valence-electron chi connectivity index (χ4n) is 1.53. The fraction of sp³-hybridized carbons (Fsp3) is 0.214. The van der Waals surface area contributed by atoms with Gasteiger partial charge in [0.25, 0.3) is 5.91 Å². The third-order valence-electron chi connectivity index (χ3n) is 2.46. The maximum Gasteiger partial charge on any atom is 0.261 e. The molecule has 0 fully saturated rings. The van der Waals surface area contributed by atoms with E-state index in [1.165, 1.54) is 11.3 Å². The Morgan fingerprint density at radius 3 is 3.00 bits per heavy atom. The van der Waals surface area contributed by atoms with Crippen LogP contribution in [0.4, 0.5) is 0 Å². The summed E-state index contributed by atoms with van der Waals surface area (Å²) in [6, 6.07) is 3.86. The van der Waals surface area contributed by atoms with Crippen molar-refractivity contribution >= 4 is 28.6 Å². The van der Waals surface area contributed by atoms with Gasteiger partial charge in [0.05, 0.1) is 11.4 Å². The first kappa shape index (κ1) is 13.8. The van der Waals surface area contributed by atoms with Crippen molar-refractivity contribution in [3.8, 4) is 11.8 Å². The number of amides is 1. The van der Waals surface area contributed by atoms with Crippen LogP contribution in [0.1, 0.15) is 25.7 Å². The van der Waals surface area contributed by atoms with E-state index in [1.807, 2.05) is 29.8 Å². The minimum Gasteiger partial charge on any atom is -0.384 e. The summed E-state index contributed by atoms with van der Waals surface area (Å²) in [6.07, 6.45) is 0. The van der Waals surface area contributed by atoms with E-state index >= 15 is 0 Å². The summed E-state index contributed by atoms with van der Waals surface area (Å²) < 4.78 is 0. The quantitative estimate of drug-likeness (QED) is 0.853. The van der Waals surface area contributed by atoms with Crippen molar-refractivity contribution in [1.29, 1.82) is 0 Å². The summed E-state index contributed by atoms with van der Waals surface area (Å²) >= 11 is 3.00. The van der Waals surface area contributed by atoms with Gasteiger partial charge in [0, 0.05) is 15.8 Å². The molecule has 0 unspecified atom stereocenters. The van der Waals surface area contributed by atoms with Crippen LogP contribution in [0.25, 0.3) is 0 Å². The molecule has 0 radical (unpaired) electrons. The van der Waals surface area contributed by atoms with Crippen molar-refractivity contribution in [2.24, 2.45) is 0 Å². The average molecular weight is 291 g/mol. The summed E-state index contributed by atoms with van der Waals surface area (Å²) in [6.45, 7) is 2.29. The smallest absolute Gasteiger partial charge is 0.261 e. The SMILES string of the molecule is Cc1ccsc1C(=O)NCc1cc(C#CCO)cs1. The highest BCUT2D eigenvalue weighted by atomic mass is 32.1. The zero-order valence-corrected chi connectivity index (χ0v) is 12.0. The van der Waals surface area contributed by atoms with E-state index in [4.69, 9.17) is 5.11 Å². The van der Waals surface area contributed by atoms with E-state index in [0.717, 1.165) is 20.9 Å². The van der Waals surface area contributed by atoms with Crippen molar-refractivity contribution in [1.82, 2.24) is 5.32 Å². The number of aliphatic hydroxyl groups excluding tert-OH is 1. The first-order valence-corrected chi connectivity index (χ1v) is 7.46. The topological polar surface area (TPSA) is 49.3 Å². The number of rotatable bonds is 3. The van der Waals surface area contributed by atoms with Gasteiger partial charge in [-0.25, -0.2) is 0 Å². The molecule has 0 aliphatic rings. The van der Waals surface area contributed by atoms with Crippen LogP contribution in [0.3, 0.4) is 0 Å². The predicted molar refractivity (Wildman–Crippen MR) is 78.5 cm³/mol. The Labute approximate surface area is 119 Å². The Morgan fingerprint density at radius 1 is 1.47 bits per heavy atom. The Kier molecular flexibility index (Phi) is 4.74. The van der Waals surface area contributed by atoms with Gasteiger partial charge in [-0.05, 0) is 30.0 Å². The van der Waals surface area contributed by atoms with E-state index in [0.29, 0.717) is 6.54 Å². The third kappa shape index (κ3) is 3.67. The lowest BCUT2D eigenvalue weighted by Crippen LogP contribution is -2.21. The number of carbonyl (C=O) groups excluding carboxylic acids is 1. The second-order valence-corrected chi connectivity index (χ2v) is 5.79. The average Bonchev–Trinajstić information content (AvgIpc) is 3.02. The molecule has 3 nitrogen and oxygen atoms in total. The highest BCUT2D eigenvalue weighted by Gasteiger charge is 2.10. The molecule has 0 aliphatic heterocycles. The van der Waals surface area contributed by atoms with Crippen molar-refractivity contribution in [2.75, 3.05) is 6.61 Å². The molecule has 98 valence electrons. The van der Waals surface area contributed by atoms with Crippen LogP contribution >= 0.6 is 22.7 Å². The van der Waals surface area contributed by atoms with Gasteiger partial charge in [0.15, 0.2) is 0 Å². The van der Waals surface area contributed by atoms with E-state index in [-0.39, 0.29) is 12.5 Å². The van der Waals surface area contributed by atoms with Crippen LogP contribution in [-0.4, -0.2) is 17.6 Å². The third-order valence-corrected chi connectivity index (χ3v) is 4.41. The van der Waals surface area contributed by atoms with Gasteiger partial charge < -0.3 is 10.4 Å². The van der Waals surface area contributed by atoms with Crippen LogP contribution in [0, 0.1) is 18.8 Å². The highest BCUT2D eigenvalue weighted by Crippen LogP contribution is 2.17. The van der Waals surface area contributed by atoms with Gasteiger partial charge in [0.1, 0.15) is 6.61 Å². The minimum atomic E-state index is -0.139. The molecule has 2 N–H and O–H groups in total. The van der Waals surface area contributed by atoms with Crippen LogP contribution in [0.15, 0.2) is 22.9 Å². The monoisotopic (exact) mass is 291 g/mol. The molecule has 0 atom stereocenters. The van der Waals surface area contributed by atoms with Gasteiger partial charge in [0.2, 0.25) is 0 Å². The minimum absolute atomic E-state index is 0.0381. The second kappa shape index (κ2) is 6.53. The van der Waals surface area contributed by atoms with Crippen LogP contribution in [-0.2, 0) is 6.54 Å². The number of aliphatic hydroxyl groups is 1.